The first-order valence-electron chi connectivity index (χ1n) is 5.72. The Morgan fingerprint density at radius 1 is 1.41 bits per heavy atom. The minimum Gasteiger partial charge on any atom is -0.397 e. The van der Waals surface area contributed by atoms with Crippen LogP contribution in [-0.2, 0) is 13.5 Å². The van der Waals surface area contributed by atoms with Crippen molar-refractivity contribution in [2.75, 3.05) is 17.6 Å². The van der Waals surface area contributed by atoms with Gasteiger partial charge < -0.3 is 11.1 Å². The number of rotatable bonds is 4. The summed E-state index contributed by atoms with van der Waals surface area (Å²) in [6.45, 7) is 2.92. The smallest absolute Gasteiger partial charge is 0.0576 e. The number of hydrogen-bond acceptors (Lipinski definition) is 3. The van der Waals surface area contributed by atoms with Crippen LogP contribution in [0.15, 0.2) is 30.6 Å². The van der Waals surface area contributed by atoms with E-state index in [1.54, 1.807) is 0 Å². The van der Waals surface area contributed by atoms with Gasteiger partial charge in [-0.25, -0.2) is 0 Å². The molecule has 90 valence electrons. The maximum absolute atomic E-state index is 5.89. The van der Waals surface area contributed by atoms with Crippen LogP contribution in [0.4, 0.5) is 11.4 Å². The van der Waals surface area contributed by atoms with Gasteiger partial charge in [0.1, 0.15) is 0 Å². The molecule has 4 nitrogen and oxygen atoms in total. The van der Waals surface area contributed by atoms with Gasteiger partial charge in [-0.3, -0.25) is 4.68 Å². The highest BCUT2D eigenvalue weighted by atomic mass is 15.2. The second-order valence-electron chi connectivity index (χ2n) is 4.29. The van der Waals surface area contributed by atoms with E-state index in [2.05, 4.69) is 23.4 Å². The van der Waals surface area contributed by atoms with Crippen molar-refractivity contribution in [3.63, 3.8) is 0 Å². The molecule has 1 heterocycles. The summed E-state index contributed by atoms with van der Waals surface area (Å²) in [7, 11) is 1.93. The maximum Gasteiger partial charge on any atom is 0.0576 e. The Hall–Kier alpha value is -1.97. The molecule has 0 aliphatic rings. The van der Waals surface area contributed by atoms with E-state index in [9.17, 15) is 0 Å². The van der Waals surface area contributed by atoms with Gasteiger partial charge in [-0.05, 0) is 36.6 Å². The Morgan fingerprint density at radius 3 is 2.94 bits per heavy atom. The third-order valence-corrected chi connectivity index (χ3v) is 2.70. The molecule has 0 radical (unpaired) electrons. The van der Waals surface area contributed by atoms with E-state index >= 15 is 0 Å². The van der Waals surface area contributed by atoms with E-state index in [1.807, 2.05) is 36.3 Å². The van der Waals surface area contributed by atoms with Crippen molar-refractivity contribution in [3.05, 3.63) is 41.7 Å². The normalized spacial score (nSPS) is 10.5. The first kappa shape index (κ1) is 11.5. The molecule has 0 aliphatic heterocycles. The van der Waals surface area contributed by atoms with E-state index in [0.29, 0.717) is 0 Å². The zero-order valence-electron chi connectivity index (χ0n) is 10.3. The predicted molar refractivity (Wildman–Crippen MR) is 71.0 cm³/mol. The van der Waals surface area contributed by atoms with Crippen LogP contribution >= 0.6 is 0 Å². The second-order valence-corrected chi connectivity index (χ2v) is 4.29. The highest BCUT2D eigenvalue weighted by molar-refractivity contribution is 5.66. The van der Waals surface area contributed by atoms with Crippen molar-refractivity contribution in [1.29, 1.82) is 0 Å². The van der Waals surface area contributed by atoms with Crippen LogP contribution in [-0.4, -0.2) is 16.3 Å². The number of aryl methyl sites for hydroxylation is 2. The van der Waals surface area contributed by atoms with Gasteiger partial charge in [-0.15, -0.1) is 0 Å². The van der Waals surface area contributed by atoms with Gasteiger partial charge in [0.2, 0.25) is 0 Å². The molecule has 0 unspecified atom stereocenters. The Kier molecular flexibility index (Phi) is 3.32. The van der Waals surface area contributed by atoms with Crippen LogP contribution < -0.4 is 11.1 Å². The van der Waals surface area contributed by atoms with Crippen LogP contribution in [0.25, 0.3) is 0 Å². The molecule has 0 bridgehead atoms. The van der Waals surface area contributed by atoms with Crippen LogP contribution in [0.5, 0.6) is 0 Å². The molecule has 17 heavy (non-hydrogen) atoms. The van der Waals surface area contributed by atoms with Crippen molar-refractivity contribution >= 4 is 11.4 Å². The average molecular weight is 230 g/mol. The summed E-state index contributed by atoms with van der Waals surface area (Å²) in [5.41, 5.74) is 10.1. The molecular weight excluding hydrogens is 212 g/mol. The topological polar surface area (TPSA) is 55.9 Å². The fourth-order valence-corrected chi connectivity index (χ4v) is 1.77. The maximum atomic E-state index is 5.89. The minimum atomic E-state index is 0.793. The van der Waals surface area contributed by atoms with Crippen molar-refractivity contribution in [2.24, 2.45) is 7.05 Å². The predicted octanol–water partition coefficient (Wildman–Crippen LogP) is 1.97. The first-order chi connectivity index (χ1) is 8.15. The Labute approximate surface area is 101 Å². The first-order valence-corrected chi connectivity index (χ1v) is 5.72. The number of aromatic nitrogens is 2. The van der Waals surface area contributed by atoms with E-state index in [1.165, 1.54) is 11.1 Å². The fraction of sp³-hybridized carbons (Fsp3) is 0.308. The molecule has 2 aromatic rings. The summed E-state index contributed by atoms with van der Waals surface area (Å²) < 4.78 is 1.82. The van der Waals surface area contributed by atoms with E-state index in [-0.39, 0.29) is 0 Å². The molecule has 0 aliphatic carbocycles. The lowest BCUT2D eigenvalue weighted by atomic mass is 10.2. The Bertz CT molecular complexity index is 502. The molecule has 0 fully saturated rings. The Balaban J connectivity index is 1.91. The van der Waals surface area contributed by atoms with Gasteiger partial charge in [-0.1, -0.05) is 6.07 Å². The molecular formula is C13H18N4. The molecule has 0 saturated carbocycles. The highest BCUT2D eigenvalue weighted by Gasteiger charge is 2.00. The van der Waals surface area contributed by atoms with Crippen molar-refractivity contribution in [1.82, 2.24) is 9.78 Å². The number of nitrogens with two attached hydrogens (primary N) is 1. The largest absolute Gasteiger partial charge is 0.397 e. The molecule has 0 saturated heterocycles. The third kappa shape index (κ3) is 3.00. The van der Waals surface area contributed by atoms with Crippen LogP contribution in [0.2, 0.25) is 0 Å². The standard InChI is InChI=1S/C13H18N4/c1-10-3-4-12(14)13(7-10)15-6-5-11-8-16-17(2)9-11/h3-4,7-9,15H,5-6,14H2,1-2H3. The number of nitrogens with one attached hydrogen (secondary N) is 1. The Morgan fingerprint density at radius 2 is 2.24 bits per heavy atom. The average Bonchev–Trinajstić information content (AvgIpc) is 2.69. The van der Waals surface area contributed by atoms with Gasteiger partial charge in [0.25, 0.3) is 0 Å². The minimum absolute atomic E-state index is 0.793. The molecule has 0 amide bonds. The lowest BCUT2D eigenvalue weighted by Gasteiger charge is -2.09. The van der Waals surface area contributed by atoms with Crippen molar-refractivity contribution in [2.45, 2.75) is 13.3 Å². The third-order valence-electron chi connectivity index (χ3n) is 2.70. The van der Waals surface area contributed by atoms with Crippen molar-refractivity contribution < 1.29 is 0 Å². The zero-order valence-corrected chi connectivity index (χ0v) is 10.3. The van der Waals surface area contributed by atoms with Gasteiger partial charge in [0, 0.05) is 19.8 Å². The molecule has 1 aromatic carbocycles. The summed E-state index contributed by atoms with van der Waals surface area (Å²) in [6, 6.07) is 6.02. The van der Waals surface area contributed by atoms with Gasteiger partial charge >= 0.3 is 0 Å². The molecule has 4 heteroatoms. The van der Waals surface area contributed by atoms with Crippen LogP contribution in [0, 0.1) is 6.92 Å². The number of nitrogen functional groups attached to an aromatic ring is 1. The zero-order chi connectivity index (χ0) is 12.3. The quantitative estimate of drug-likeness (QED) is 0.789. The lowest BCUT2D eigenvalue weighted by molar-refractivity contribution is 0.767. The monoisotopic (exact) mass is 230 g/mol. The fourth-order valence-electron chi connectivity index (χ4n) is 1.77. The van der Waals surface area contributed by atoms with E-state index < -0.39 is 0 Å². The van der Waals surface area contributed by atoms with E-state index in [0.717, 1.165) is 24.3 Å². The molecule has 1 aromatic heterocycles. The summed E-state index contributed by atoms with van der Waals surface area (Å²) in [5, 5.41) is 7.49. The molecule has 0 atom stereocenters. The molecule has 0 spiro atoms. The van der Waals surface area contributed by atoms with Gasteiger partial charge in [0.15, 0.2) is 0 Å². The van der Waals surface area contributed by atoms with Crippen LogP contribution in [0.3, 0.4) is 0 Å². The lowest BCUT2D eigenvalue weighted by Crippen LogP contribution is -2.06. The summed E-state index contributed by atoms with van der Waals surface area (Å²) >= 11 is 0. The highest BCUT2D eigenvalue weighted by Crippen LogP contribution is 2.19. The summed E-state index contributed by atoms with van der Waals surface area (Å²) in [4.78, 5) is 0. The molecule has 2 rings (SSSR count). The molecule has 3 N–H and O–H groups in total. The number of anilines is 2. The number of benzene rings is 1. The number of hydrogen-bond donors (Lipinski definition) is 2. The van der Waals surface area contributed by atoms with Crippen LogP contribution in [0.1, 0.15) is 11.1 Å². The SMILES string of the molecule is Cc1ccc(N)c(NCCc2cnn(C)c2)c1. The van der Waals surface area contributed by atoms with E-state index in [4.69, 9.17) is 5.73 Å². The van der Waals surface area contributed by atoms with Crippen molar-refractivity contribution in [3.8, 4) is 0 Å². The number of nitrogens with zero attached hydrogens (tertiary/aromatic N) is 2. The van der Waals surface area contributed by atoms with Gasteiger partial charge in [0.05, 0.1) is 17.6 Å². The summed E-state index contributed by atoms with van der Waals surface area (Å²) in [5.74, 6) is 0. The summed E-state index contributed by atoms with van der Waals surface area (Å²) in [6.07, 6.45) is 4.86. The second kappa shape index (κ2) is 4.91. The van der Waals surface area contributed by atoms with Gasteiger partial charge in [-0.2, -0.15) is 5.10 Å².